The Balaban J connectivity index is 1.75. The molecule has 0 radical (unpaired) electrons. The second kappa shape index (κ2) is 9.09. The van der Waals surface area contributed by atoms with Crippen LogP contribution in [0.3, 0.4) is 0 Å². The number of benzene rings is 1. The molecule has 2 aromatic heterocycles. The van der Waals surface area contributed by atoms with Crippen LogP contribution in [0.2, 0.25) is 0 Å². The molecule has 1 aromatic carbocycles. The molecule has 0 aliphatic carbocycles. The van der Waals surface area contributed by atoms with Gasteiger partial charge in [-0.3, -0.25) is 9.69 Å². The minimum absolute atomic E-state index is 0.107. The number of H-pyrrole nitrogens is 1. The summed E-state index contributed by atoms with van der Waals surface area (Å²) in [4.78, 5) is 21.9. The van der Waals surface area contributed by atoms with E-state index in [-0.39, 0.29) is 5.56 Å². The van der Waals surface area contributed by atoms with Crippen molar-refractivity contribution in [2.24, 2.45) is 5.92 Å². The first-order valence-corrected chi connectivity index (χ1v) is 11.1. The minimum Gasteiger partial charge on any atom is -0.309 e. The van der Waals surface area contributed by atoms with Crippen LogP contribution in [0.15, 0.2) is 33.4 Å². The van der Waals surface area contributed by atoms with Crippen LogP contribution in [-0.4, -0.2) is 36.9 Å². The first-order valence-electron chi connectivity index (χ1n) is 8.87. The van der Waals surface area contributed by atoms with Crippen molar-refractivity contribution >= 4 is 46.2 Å². The van der Waals surface area contributed by atoms with Gasteiger partial charge in [0.1, 0.15) is 5.82 Å². The summed E-state index contributed by atoms with van der Waals surface area (Å²) in [5.74, 6) is 2.29. The predicted octanol–water partition coefficient (Wildman–Crippen LogP) is 4.14. The van der Waals surface area contributed by atoms with Crippen LogP contribution in [0.4, 0.5) is 0 Å². The molecule has 0 aliphatic rings. The fourth-order valence-corrected chi connectivity index (χ4v) is 4.84. The molecule has 9 heteroatoms. The Morgan fingerprint density at radius 2 is 2.15 bits per heavy atom. The van der Waals surface area contributed by atoms with Gasteiger partial charge in [-0.25, -0.2) is 9.67 Å². The number of nitrogens with zero attached hydrogens (tertiary/aromatic N) is 4. The molecule has 0 atom stereocenters. The van der Waals surface area contributed by atoms with E-state index in [1.54, 1.807) is 29.2 Å². The fourth-order valence-electron chi connectivity index (χ4n) is 2.55. The second-order valence-electron chi connectivity index (χ2n) is 6.65. The van der Waals surface area contributed by atoms with Gasteiger partial charge in [-0.15, -0.1) is 0 Å². The van der Waals surface area contributed by atoms with Crippen molar-refractivity contribution in [3.63, 3.8) is 0 Å². The Hall–Kier alpha value is -1.55. The lowest BCUT2D eigenvalue weighted by Crippen LogP contribution is -2.28. The SMILES string of the molecule is CCN(Cc1nc2ccccc2c(=O)[nH]1)Cn1nc(SCC(C)C)sc1=S. The van der Waals surface area contributed by atoms with Crippen molar-refractivity contribution in [3.05, 3.63) is 44.4 Å². The third-order valence-corrected chi connectivity index (χ3v) is 6.81. The van der Waals surface area contributed by atoms with Crippen LogP contribution in [-0.2, 0) is 13.2 Å². The quantitative estimate of drug-likeness (QED) is 0.436. The molecule has 0 spiro atoms. The number of hydrogen-bond donors (Lipinski definition) is 1. The number of rotatable bonds is 8. The molecule has 27 heavy (non-hydrogen) atoms. The van der Waals surface area contributed by atoms with Gasteiger partial charge in [-0.2, -0.15) is 5.10 Å². The molecular weight excluding hydrogens is 398 g/mol. The Labute approximate surface area is 171 Å². The van der Waals surface area contributed by atoms with Crippen LogP contribution in [0.25, 0.3) is 10.9 Å². The van der Waals surface area contributed by atoms with E-state index in [4.69, 9.17) is 12.2 Å². The molecule has 1 N–H and O–H groups in total. The maximum atomic E-state index is 12.3. The van der Waals surface area contributed by atoms with Crippen molar-refractivity contribution < 1.29 is 0 Å². The summed E-state index contributed by atoms with van der Waals surface area (Å²) in [6.07, 6.45) is 0. The van der Waals surface area contributed by atoms with Gasteiger partial charge in [0.05, 0.1) is 24.1 Å². The van der Waals surface area contributed by atoms with E-state index < -0.39 is 0 Å². The molecule has 3 rings (SSSR count). The largest absolute Gasteiger partial charge is 0.309 e. The zero-order valence-electron chi connectivity index (χ0n) is 15.6. The topological polar surface area (TPSA) is 66.8 Å². The van der Waals surface area contributed by atoms with E-state index in [1.807, 2.05) is 22.9 Å². The molecule has 0 aliphatic heterocycles. The Bertz CT molecular complexity index is 1020. The van der Waals surface area contributed by atoms with Crippen LogP contribution in [0.5, 0.6) is 0 Å². The minimum atomic E-state index is -0.107. The standard InChI is InChI=1S/C18H23N5OS3/c1-4-22(11-23-18(25)27-17(21-23)26-10-12(2)3)9-15-19-14-8-6-5-7-13(14)16(24)20-15/h5-8,12H,4,9-11H2,1-3H3,(H,19,20,24). The van der Waals surface area contributed by atoms with Crippen molar-refractivity contribution in [1.82, 2.24) is 24.6 Å². The first kappa shape index (κ1) is 20.2. The summed E-state index contributed by atoms with van der Waals surface area (Å²) in [5, 5.41) is 5.25. The van der Waals surface area contributed by atoms with E-state index in [2.05, 4.69) is 40.7 Å². The van der Waals surface area contributed by atoms with Crippen molar-refractivity contribution in [1.29, 1.82) is 0 Å². The third-order valence-electron chi connectivity index (χ3n) is 3.94. The van der Waals surface area contributed by atoms with E-state index in [9.17, 15) is 4.79 Å². The monoisotopic (exact) mass is 421 g/mol. The summed E-state index contributed by atoms with van der Waals surface area (Å²) in [5.41, 5.74) is 0.606. The summed E-state index contributed by atoms with van der Waals surface area (Å²) < 4.78 is 3.62. The second-order valence-corrected chi connectivity index (χ2v) is 9.54. The molecule has 2 heterocycles. The highest BCUT2D eigenvalue weighted by Crippen LogP contribution is 2.24. The third kappa shape index (κ3) is 5.25. The normalized spacial score (nSPS) is 11.7. The zero-order chi connectivity index (χ0) is 19.4. The van der Waals surface area contributed by atoms with Crippen molar-refractivity contribution in [2.45, 2.75) is 38.3 Å². The molecule has 0 unspecified atom stereocenters. The highest BCUT2D eigenvalue weighted by Gasteiger charge is 2.12. The molecule has 0 saturated heterocycles. The van der Waals surface area contributed by atoms with Crippen LogP contribution in [0, 0.1) is 9.87 Å². The average Bonchev–Trinajstić information content (AvgIpc) is 2.99. The molecule has 144 valence electrons. The molecule has 0 bridgehead atoms. The van der Waals surface area contributed by atoms with Gasteiger partial charge in [0.2, 0.25) is 0 Å². The molecule has 0 saturated carbocycles. The lowest BCUT2D eigenvalue weighted by atomic mass is 10.2. The van der Waals surface area contributed by atoms with Gasteiger partial charge in [0.15, 0.2) is 8.29 Å². The highest BCUT2D eigenvalue weighted by molar-refractivity contribution is 8.01. The molecule has 6 nitrogen and oxygen atoms in total. The lowest BCUT2D eigenvalue weighted by Gasteiger charge is -2.19. The van der Waals surface area contributed by atoms with Crippen molar-refractivity contribution in [2.75, 3.05) is 12.3 Å². The number of aromatic amines is 1. The van der Waals surface area contributed by atoms with Gasteiger partial charge >= 0.3 is 0 Å². The number of fused-ring (bicyclic) bond motifs is 1. The Morgan fingerprint density at radius 1 is 1.37 bits per heavy atom. The number of hydrogen-bond acceptors (Lipinski definition) is 7. The maximum absolute atomic E-state index is 12.3. The lowest BCUT2D eigenvalue weighted by molar-refractivity contribution is 0.202. The maximum Gasteiger partial charge on any atom is 0.258 e. The predicted molar refractivity (Wildman–Crippen MR) is 115 cm³/mol. The van der Waals surface area contributed by atoms with Crippen LogP contribution in [0.1, 0.15) is 26.6 Å². The van der Waals surface area contributed by atoms with Gasteiger partial charge in [-0.05, 0) is 36.8 Å². The summed E-state index contributed by atoms with van der Waals surface area (Å²) in [6, 6.07) is 7.38. The Morgan fingerprint density at radius 3 is 2.89 bits per heavy atom. The van der Waals surface area contributed by atoms with Gasteiger partial charge < -0.3 is 4.98 Å². The molecular formula is C18H23N5OS3. The smallest absolute Gasteiger partial charge is 0.258 e. The van der Waals surface area contributed by atoms with E-state index in [0.717, 1.165) is 20.6 Å². The highest BCUT2D eigenvalue weighted by atomic mass is 32.2. The number of thioether (sulfide) groups is 1. The molecule has 0 amide bonds. The van der Waals surface area contributed by atoms with Crippen LogP contribution >= 0.6 is 35.3 Å². The van der Waals surface area contributed by atoms with Gasteiger partial charge in [0.25, 0.3) is 5.56 Å². The van der Waals surface area contributed by atoms with E-state index in [1.165, 1.54) is 0 Å². The van der Waals surface area contributed by atoms with E-state index >= 15 is 0 Å². The average molecular weight is 422 g/mol. The van der Waals surface area contributed by atoms with Gasteiger partial charge in [-0.1, -0.05) is 56.0 Å². The van der Waals surface area contributed by atoms with Gasteiger partial charge in [0, 0.05) is 5.75 Å². The number of nitrogens with one attached hydrogen (secondary N) is 1. The van der Waals surface area contributed by atoms with E-state index in [0.29, 0.717) is 35.9 Å². The first-order chi connectivity index (χ1) is 13.0. The number of para-hydroxylation sites is 1. The number of aromatic nitrogens is 4. The van der Waals surface area contributed by atoms with Crippen LogP contribution < -0.4 is 5.56 Å². The molecule has 0 fully saturated rings. The fraction of sp³-hybridized carbons (Fsp3) is 0.444. The zero-order valence-corrected chi connectivity index (χ0v) is 18.1. The molecule has 3 aromatic rings. The summed E-state index contributed by atoms with van der Waals surface area (Å²) in [7, 11) is 0. The Kier molecular flexibility index (Phi) is 6.80. The van der Waals surface area contributed by atoms with Crippen molar-refractivity contribution in [3.8, 4) is 0 Å². The summed E-state index contributed by atoms with van der Waals surface area (Å²) in [6.45, 7) is 8.36. The summed E-state index contributed by atoms with van der Waals surface area (Å²) >= 11 is 8.77.